The van der Waals surface area contributed by atoms with Gasteiger partial charge in [0.05, 0.1) is 12.6 Å². The molecule has 2 rings (SSSR count). The van der Waals surface area contributed by atoms with Crippen LogP contribution < -0.4 is 10.6 Å². The number of nitrogens with zero attached hydrogens (tertiary/aromatic N) is 2. The van der Waals surface area contributed by atoms with Crippen molar-refractivity contribution in [2.24, 2.45) is 0 Å². The van der Waals surface area contributed by atoms with E-state index in [1.165, 1.54) is 0 Å². The van der Waals surface area contributed by atoms with Crippen LogP contribution >= 0.6 is 0 Å². The Labute approximate surface area is 124 Å². The van der Waals surface area contributed by atoms with Crippen LogP contribution in [0.15, 0.2) is 34.7 Å². The molecule has 1 heterocycles. The van der Waals surface area contributed by atoms with Gasteiger partial charge in [0, 0.05) is 12.1 Å². The zero-order valence-corrected chi connectivity index (χ0v) is 12.3. The van der Waals surface area contributed by atoms with Crippen molar-refractivity contribution in [3.63, 3.8) is 0 Å². The normalized spacial score (nSPS) is 12.1. The third kappa shape index (κ3) is 4.39. The van der Waals surface area contributed by atoms with Crippen molar-refractivity contribution in [2.45, 2.75) is 32.9 Å². The molecule has 1 atom stereocenters. The second-order valence-electron chi connectivity index (χ2n) is 4.76. The van der Waals surface area contributed by atoms with E-state index in [-0.39, 0.29) is 11.9 Å². The molecule has 112 valence electrons. The fourth-order valence-electron chi connectivity index (χ4n) is 1.76. The highest BCUT2D eigenvalue weighted by Gasteiger charge is 2.13. The van der Waals surface area contributed by atoms with Crippen LogP contribution in [0, 0.1) is 0 Å². The molecule has 1 aromatic carbocycles. The first kappa shape index (κ1) is 15.2. The molecule has 2 N–H and O–H groups in total. The SMILES string of the molecule is CCCNC(=O)C(C)NCc1nnc(-c2ccccc2)o1. The summed E-state index contributed by atoms with van der Waals surface area (Å²) < 4.78 is 5.56. The topological polar surface area (TPSA) is 80.0 Å². The quantitative estimate of drug-likeness (QED) is 0.811. The maximum Gasteiger partial charge on any atom is 0.247 e. The molecule has 2 aromatic rings. The monoisotopic (exact) mass is 288 g/mol. The summed E-state index contributed by atoms with van der Waals surface area (Å²) in [6.45, 7) is 4.87. The Morgan fingerprint density at radius 1 is 1.29 bits per heavy atom. The number of nitrogens with one attached hydrogen (secondary N) is 2. The number of hydrogen-bond acceptors (Lipinski definition) is 5. The van der Waals surface area contributed by atoms with Gasteiger partial charge in [-0.3, -0.25) is 10.1 Å². The highest BCUT2D eigenvalue weighted by Crippen LogP contribution is 2.16. The van der Waals surface area contributed by atoms with Gasteiger partial charge in [-0.25, -0.2) is 0 Å². The van der Waals surface area contributed by atoms with E-state index < -0.39 is 0 Å². The van der Waals surface area contributed by atoms with Crippen LogP contribution in [0.25, 0.3) is 11.5 Å². The first-order valence-electron chi connectivity index (χ1n) is 7.09. The Bertz CT molecular complexity index is 568. The van der Waals surface area contributed by atoms with Crippen LogP contribution in [0.1, 0.15) is 26.2 Å². The van der Waals surface area contributed by atoms with Gasteiger partial charge in [0.1, 0.15) is 0 Å². The van der Waals surface area contributed by atoms with Gasteiger partial charge in [-0.15, -0.1) is 10.2 Å². The number of carbonyl (C=O) groups excluding carboxylic acids is 1. The van der Waals surface area contributed by atoms with E-state index in [0.717, 1.165) is 12.0 Å². The van der Waals surface area contributed by atoms with Crippen LogP contribution in [-0.2, 0) is 11.3 Å². The maximum atomic E-state index is 11.7. The summed E-state index contributed by atoms with van der Waals surface area (Å²) in [6, 6.07) is 9.27. The van der Waals surface area contributed by atoms with Crippen LogP contribution in [0.3, 0.4) is 0 Å². The summed E-state index contributed by atoms with van der Waals surface area (Å²) in [5.74, 6) is 0.916. The van der Waals surface area contributed by atoms with Gasteiger partial charge < -0.3 is 9.73 Å². The zero-order valence-electron chi connectivity index (χ0n) is 12.3. The Morgan fingerprint density at radius 3 is 2.76 bits per heavy atom. The van der Waals surface area contributed by atoms with Crippen molar-refractivity contribution in [1.82, 2.24) is 20.8 Å². The van der Waals surface area contributed by atoms with Crippen LogP contribution in [0.4, 0.5) is 0 Å². The fourth-order valence-corrected chi connectivity index (χ4v) is 1.76. The van der Waals surface area contributed by atoms with Crippen molar-refractivity contribution in [2.75, 3.05) is 6.54 Å². The summed E-state index contributed by atoms with van der Waals surface area (Å²) >= 11 is 0. The van der Waals surface area contributed by atoms with Crippen molar-refractivity contribution in [1.29, 1.82) is 0 Å². The molecule has 0 aliphatic carbocycles. The minimum Gasteiger partial charge on any atom is -0.419 e. The molecule has 0 radical (unpaired) electrons. The first-order valence-corrected chi connectivity index (χ1v) is 7.09. The van der Waals surface area contributed by atoms with E-state index in [1.54, 1.807) is 6.92 Å². The smallest absolute Gasteiger partial charge is 0.247 e. The van der Waals surface area contributed by atoms with E-state index >= 15 is 0 Å². The Morgan fingerprint density at radius 2 is 2.05 bits per heavy atom. The molecule has 1 amide bonds. The predicted molar refractivity (Wildman–Crippen MR) is 79.3 cm³/mol. The van der Waals surface area contributed by atoms with Crippen LogP contribution in [0.2, 0.25) is 0 Å². The molecular formula is C15H20N4O2. The van der Waals surface area contributed by atoms with E-state index in [2.05, 4.69) is 20.8 Å². The van der Waals surface area contributed by atoms with E-state index in [4.69, 9.17) is 4.42 Å². The lowest BCUT2D eigenvalue weighted by atomic mass is 10.2. The summed E-state index contributed by atoms with van der Waals surface area (Å²) in [5.41, 5.74) is 0.880. The molecule has 0 saturated carbocycles. The maximum absolute atomic E-state index is 11.7. The molecule has 6 nitrogen and oxygen atoms in total. The first-order chi connectivity index (χ1) is 10.2. The van der Waals surface area contributed by atoms with Gasteiger partial charge in [0.2, 0.25) is 17.7 Å². The number of amides is 1. The van der Waals surface area contributed by atoms with Crippen molar-refractivity contribution >= 4 is 5.91 Å². The lowest BCUT2D eigenvalue weighted by Gasteiger charge is -2.11. The fraction of sp³-hybridized carbons (Fsp3) is 0.400. The summed E-state index contributed by atoms with van der Waals surface area (Å²) in [7, 11) is 0. The second kappa shape index (κ2) is 7.54. The Kier molecular flexibility index (Phi) is 5.45. The van der Waals surface area contributed by atoms with E-state index in [0.29, 0.717) is 24.9 Å². The summed E-state index contributed by atoms with van der Waals surface area (Å²) in [4.78, 5) is 11.7. The van der Waals surface area contributed by atoms with Gasteiger partial charge in [0.15, 0.2) is 0 Å². The molecule has 1 unspecified atom stereocenters. The number of rotatable bonds is 7. The molecule has 0 aliphatic heterocycles. The Hall–Kier alpha value is -2.21. The standard InChI is InChI=1S/C15H20N4O2/c1-3-9-16-14(20)11(2)17-10-13-18-19-15(21-13)12-7-5-4-6-8-12/h4-8,11,17H,3,9-10H2,1-2H3,(H,16,20). The van der Waals surface area contributed by atoms with E-state index in [1.807, 2.05) is 37.3 Å². The zero-order chi connectivity index (χ0) is 15.1. The lowest BCUT2D eigenvalue weighted by Crippen LogP contribution is -2.42. The number of benzene rings is 1. The third-order valence-electron chi connectivity index (χ3n) is 2.99. The predicted octanol–water partition coefficient (Wildman–Crippen LogP) is 1.74. The highest BCUT2D eigenvalue weighted by molar-refractivity contribution is 5.81. The van der Waals surface area contributed by atoms with E-state index in [9.17, 15) is 4.79 Å². The summed E-state index contributed by atoms with van der Waals surface area (Å²) in [5, 5.41) is 13.9. The minimum absolute atomic E-state index is 0.0281. The van der Waals surface area contributed by atoms with Gasteiger partial charge >= 0.3 is 0 Å². The molecular weight excluding hydrogens is 268 g/mol. The summed E-state index contributed by atoms with van der Waals surface area (Å²) in [6.07, 6.45) is 0.919. The number of carbonyl (C=O) groups is 1. The van der Waals surface area contributed by atoms with Crippen molar-refractivity contribution in [3.8, 4) is 11.5 Å². The van der Waals surface area contributed by atoms with Gasteiger partial charge in [0.25, 0.3) is 0 Å². The third-order valence-corrected chi connectivity index (χ3v) is 2.99. The van der Waals surface area contributed by atoms with Gasteiger partial charge in [-0.05, 0) is 25.5 Å². The molecule has 0 fully saturated rings. The lowest BCUT2D eigenvalue weighted by molar-refractivity contribution is -0.122. The van der Waals surface area contributed by atoms with Crippen LogP contribution in [-0.4, -0.2) is 28.7 Å². The van der Waals surface area contributed by atoms with Crippen LogP contribution in [0.5, 0.6) is 0 Å². The highest BCUT2D eigenvalue weighted by atomic mass is 16.4. The molecule has 0 bridgehead atoms. The Balaban J connectivity index is 1.87. The molecule has 1 aromatic heterocycles. The second-order valence-corrected chi connectivity index (χ2v) is 4.76. The average Bonchev–Trinajstić information content (AvgIpc) is 3.00. The number of aromatic nitrogens is 2. The van der Waals surface area contributed by atoms with Crippen molar-refractivity contribution < 1.29 is 9.21 Å². The molecule has 6 heteroatoms. The molecule has 0 aliphatic rings. The molecule has 0 saturated heterocycles. The van der Waals surface area contributed by atoms with Gasteiger partial charge in [-0.1, -0.05) is 25.1 Å². The largest absolute Gasteiger partial charge is 0.419 e. The molecule has 0 spiro atoms. The van der Waals surface area contributed by atoms with Crippen molar-refractivity contribution in [3.05, 3.63) is 36.2 Å². The average molecular weight is 288 g/mol. The molecule has 21 heavy (non-hydrogen) atoms. The number of hydrogen-bond donors (Lipinski definition) is 2. The van der Waals surface area contributed by atoms with Gasteiger partial charge in [-0.2, -0.15) is 0 Å². The minimum atomic E-state index is -0.302.